The zero-order valence-electron chi connectivity index (χ0n) is 10.2. The van der Waals surface area contributed by atoms with Gasteiger partial charge in [0.15, 0.2) is 5.11 Å². The number of hydrazine groups is 1. The molecule has 0 unspecified atom stereocenters. The summed E-state index contributed by atoms with van der Waals surface area (Å²) in [5, 5.41) is 1.12. The van der Waals surface area contributed by atoms with Crippen LogP contribution in [-0.4, -0.2) is 17.2 Å². The Hall–Kier alpha value is -2.08. The van der Waals surface area contributed by atoms with E-state index in [1.165, 1.54) is 0 Å². The van der Waals surface area contributed by atoms with E-state index in [1.54, 1.807) is 7.11 Å². The first-order chi connectivity index (χ1) is 8.61. The monoisotopic (exact) mass is 262 g/mol. The number of rotatable bonds is 3. The molecule has 0 radical (unpaired) electrons. The van der Waals surface area contributed by atoms with Crippen LogP contribution in [0.5, 0.6) is 5.75 Å². The van der Waals surface area contributed by atoms with E-state index in [-0.39, 0.29) is 5.11 Å². The van der Waals surface area contributed by atoms with E-state index in [1.807, 2.05) is 31.2 Å². The molecular weight excluding hydrogens is 248 g/mol. The number of thiocarbonyl (C=S) groups is 1. The standard InChI is InChI=1S/C12H14N4OS/c1-7-6-9(15-16-12(13)18)8-4-3-5-10(17-2)11(8)14-7/h3-6H,1-2H3,(H,14,15)(H3,13,16,18). The van der Waals surface area contributed by atoms with Gasteiger partial charge in [0.25, 0.3) is 0 Å². The molecule has 0 aliphatic heterocycles. The molecule has 0 saturated carbocycles. The highest BCUT2D eigenvalue weighted by atomic mass is 32.1. The number of benzene rings is 1. The Morgan fingerprint density at radius 1 is 1.44 bits per heavy atom. The number of aryl methyl sites for hydroxylation is 1. The SMILES string of the molecule is COc1cccc2c(NNC(N)=S)cc(C)nc12. The molecule has 2 rings (SSSR count). The maximum Gasteiger partial charge on any atom is 0.182 e. The number of pyridine rings is 1. The number of fused-ring (bicyclic) bond motifs is 1. The smallest absolute Gasteiger partial charge is 0.182 e. The van der Waals surface area contributed by atoms with Gasteiger partial charge in [-0.05, 0) is 31.3 Å². The number of anilines is 1. The van der Waals surface area contributed by atoms with Gasteiger partial charge in [-0.25, -0.2) is 4.98 Å². The summed E-state index contributed by atoms with van der Waals surface area (Å²) >= 11 is 4.76. The fourth-order valence-corrected chi connectivity index (χ4v) is 1.80. The fourth-order valence-electron chi connectivity index (χ4n) is 1.75. The molecule has 4 N–H and O–H groups in total. The van der Waals surface area contributed by atoms with Crippen LogP contribution in [0.3, 0.4) is 0 Å². The van der Waals surface area contributed by atoms with E-state index in [2.05, 4.69) is 15.8 Å². The third kappa shape index (κ3) is 2.43. The molecule has 5 nitrogen and oxygen atoms in total. The average Bonchev–Trinajstić information content (AvgIpc) is 2.35. The van der Waals surface area contributed by atoms with Gasteiger partial charge in [0.1, 0.15) is 11.3 Å². The Balaban J connectivity index is 2.55. The lowest BCUT2D eigenvalue weighted by Gasteiger charge is -2.13. The van der Waals surface area contributed by atoms with Crippen molar-refractivity contribution in [2.75, 3.05) is 12.5 Å². The topological polar surface area (TPSA) is 72.2 Å². The first-order valence-electron chi connectivity index (χ1n) is 5.37. The average molecular weight is 262 g/mol. The van der Waals surface area contributed by atoms with Crippen LogP contribution >= 0.6 is 12.2 Å². The zero-order chi connectivity index (χ0) is 13.1. The highest BCUT2D eigenvalue weighted by Gasteiger charge is 2.08. The van der Waals surface area contributed by atoms with Gasteiger partial charge in [0.05, 0.1) is 12.8 Å². The van der Waals surface area contributed by atoms with Crippen molar-refractivity contribution in [2.45, 2.75) is 6.92 Å². The van der Waals surface area contributed by atoms with Crippen LogP contribution in [0.4, 0.5) is 5.69 Å². The number of hydrogen-bond donors (Lipinski definition) is 3. The lowest BCUT2D eigenvalue weighted by molar-refractivity contribution is 0.419. The molecule has 6 heteroatoms. The minimum absolute atomic E-state index is 0.181. The van der Waals surface area contributed by atoms with Crippen molar-refractivity contribution in [1.29, 1.82) is 0 Å². The lowest BCUT2D eigenvalue weighted by atomic mass is 10.1. The summed E-state index contributed by atoms with van der Waals surface area (Å²) in [5.74, 6) is 0.731. The first-order valence-corrected chi connectivity index (χ1v) is 5.78. The van der Waals surface area contributed by atoms with Crippen molar-refractivity contribution in [2.24, 2.45) is 5.73 Å². The molecule has 1 aromatic heterocycles. The second-order valence-corrected chi connectivity index (χ2v) is 4.22. The maximum atomic E-state index is 5.40. The third-order valence-corrected chi connectivity index (χ3v) is 2.57. The van der Waals surface area contributed by atoms with Crippen LogP contribution in [-0.2, 0) is 0 Å². The van der Waals surface area contributed by atoms with Crippen molar-refractivity contribution in [3.8, 4) is 5.75 Å². The molecular formula is C12H14N4OS. The van der Waals surface area contributed by atoms with E-state index in [9.17, 15) is 0 Å². The summed E-state index contributed by atoms with van der Waals surface area (Å²) < 4.78 is 5.30. The van der Waals surface area contributed by atoms with Crippen LogP contribution in [0.2, 0.25) is 0 Å². The minimum atomic E-state index is 0.181. The number of nitrogens with two attached hydrogens (primary N) is 1. The molecule has 0 amide bonds. The molecule has 1 aromatic carbocycles. The summed E-state index contributed by atoms with van der Waals surface area (Å²) in [4.78, 5) is 4.48. The van der Waals surface area contributed by atoms with Crippen LogP contribution in [0, 0.1) is 6.92 Å². The van der Waals surface area contributed by atoms with Crippen molar-refractivity contribution in [3.05, 3.63) is 30.0 Å². The molecule has 0 fully saturated rings. The number of methoxy groups -OCH3 is 1. The molecule has 1 heterocycles. The molecule has 0 aliphatic carbocycles. The van der Waals surface area contributed by atoms with Crippen LogP contribution in [0.1, 0.15) is 5.69 Å². The molecule has 0 bridgehead atoms. The molecule has 18 heavy (non-hydrogen) atoms. The molecule has 94 valence electrons. The quantitative estimate of drug-likeness (QED) is 0.578. The molecule has 2 aromatic rings. The highest BCUT2D eigenvalue weighted by Crippen LogP contribution is 2.29. The van der Waals surface area contributed by atoms with Crippen LogP contribution < -0.4 is 21.3 Å². The van der Waals surface area contributed by atoms with Crippen LogP contribution in [0.25, 0.3) is 10.9 Å². The summed E-state index contributed by atoms with van der Waals surface area (Å²) in [6, 6.07) is 7.64. The molecule has 0 atom stereocenters. The summed E-state index contributed by atoms with van der Waals surface area (Å²) in [7, 11) is 1.62. The van der Waals surface area contributed by atoms with Gasteiger partial charge >= 0.3 is 0 Å². The number of ether oxygens (including phenoxy) is 1. The Labute approximate surface area is 110 Å². The van der Waals surface area contributed by atoms with Crippen LogP contribution in [0.15, 0.2) is 24.3 Å². The summed E-state index contributed by atoms with van der Waals surface area (Å²) in [6.45, 7) is 1.91. The minimum Gasteiger partial charge on any atom is -0.494 e. The Morgan fingerprint density at radius 2 is 2.22 bits per heavy atom. The van der Waals surface area contributed by atoms with E-state index >= 15 is 0 Å². The number of aromatic nitrogens is 1. The van der Waals surface area contributed by atoms with E-state index in [4.69, 9.17) is 22.7 Å². The van der Waals surface area contributed by atoms with Crippen molar-refractivity contribution in [3.63, 3.8) is 0 Å². The highest BCUT2D eigenvalue weighted by molar-refractivity contribution is 7.80. The largest absolute Gasteiger partial charge is 0.494 e. The lowest BCUT2D eigenvalue weighted by Crippen LogP contribution is -2.34. The van der Waals surface area contributed by atoms with Gasteiger partial charge in [-0.15, -0.1) is 0 Å². The van der Waals surface area contributed by atoms with Gasteiger partial charge in [-0.3, -0.25) is 10.9 Å². The number of para-hydroxylation sites is 1. The second kappa shape index (κ2) is 5.05. The Kier molecular flexibility index (Phi) is 3.47. The van der Waals surface area contributed by atoms with E-state index in [0.29, 0.717) is 0 Å². The first kappa shape index (κ1) is 12.4. The number of nitrogens with one attached hydrogen (secondary N) is 2. The zero-order valence-corrected chi connectivity index (χ0v) is 11.0. The van der Waals surface area contributed by atoms with Crippen molar-refractivity contribution in [1.82, 2.24) is 10.4 Å². The maximum absolute atomic E-state index is 5.40. The van der Waals surface area contributed by atoms with Crippen molar-refractivity contribution >= 4 is 33.9 Å². The molecule has 0 aliphatic rings. The Morgan fingerprint density at radius 3 is 2.89 bits per heavy atom. The van der Waals surface area contributed by atoms with Gasteiger partial charge in [-0.1, -0.05) is 12.1 Å². The van der Waals surface area contributed by atoms with Gasteiger partial charge < -0.3 is 10.5 Å². The predicted octanol–water partition coefficient (Wildman–Crippen LogP) is 1.71. The normalized spacial score (nSPS) is 10.1. The second-order valence-electron chi connectivity index (χ2n) is 3.78. The number of nitrogens with zero attached hydrogens (tertiary/aromatic N) is 1. The van der Waals surface area contributed by atoms with E-state index in [0.717, 1.165) is 28.0 Å². The fraction of sp³-hybridized carbons (Fsp3) is 0.167. The van der Waals surface area contributed by atoms with Crippen molar-refractivity contribution < 1.29 is 4.74 Å². The summed E-state index contributed by atoms with van der Waals surface area (Å²) in [5.41, 5.74) is 13.6. The Bertz CT molecular complexity index is 600. The molecule has 0 spiro atoms. The van der Waals surface area contributed by atoms with Gasteiger partial charge in [0, 0.05) is 11.1 Å². The van der Waals surface area contributed by atoms with E-state index < -0.39 is 0 Å². The van der Waals surface area contributed by atoms with Gasteiger partial charge in [-0.2, -0.15) is 0 Å². The summed E-state index contributed by atoms with van der Waals surface area (Å²) in [6.07, 6.45) is 0. The van der Waals surface area contributed by atoms with Gasteiger partial charge in [0.2, 0.25) is 0 Å². The number of hydrogen-bond acceptors (Lipinski definition) is 4. The predicted molar refractivity (Wildman–Crippen MR) is 76.6 cm³/mol. The third-order valence-electron chi connectivity index (χ3n) is 2.47. The molecule has 0 saturated heterocycles.